The van der Waals surface area contributed by atoms with Crippen molar-refractivity contribution in [2.24, 2.45) is 0 Å². The van der Waals surface area contributed by atoms with Gasteiger partial charge in [-0.3, -0.25) is 9.89 Å². The Bertz CT molecular complexity index is 1120. The number of hydrogen-bond donors (Lipinski definition) is 3. The number of hydrogen-bond acceptors (Lipinski definition) is 4. The summed E-state index contributed by atoms with van der Waals surface area (Å²) in [7, 11) is 0. The largest absolute Gasteiger partial charge is 0.487 e. The summed E-state index contributed by atoms with van der Waals surface area (Å²) in [6.45, 7) is 2.23. The molecule has 4 N–H and O–H groups in total. The van der Waals surface area contributed by atoms with Gasteiger partial charge in [-0.25, -0.2) is 0 Å². The van der Waals surface area contributed by atoms with Gasteiger partial charge in [0.2, 0.25) is 0 Å². The highest BCUT2D eigenvalue weighted by atomic mass is 35.5. The second-order valence-electron chi connectivity index (χ2n) is 8.61. The first-order chi connectivity index (χ1) is 15.6. The van der Waals surface area contributed by atoms with E-state index in [1.807, 2.05) is 12.1 Å². The molecule has 0 aliphatic heterocycles. The summed E-state index contributed by atoms with van der Waals surface area (Å²) in [5.41, 5.74) is 6.69. The number of nitrogens with zero attached hydrogens (tertiary/aromatic N) is 1. The summed E-state index contributed by atoms with van der Waals surface area (Å²) in [5, 5.41) is 9.83. The van der Waals surface area contributed by atoms with E-state index in [1.165, 1.54) is 30.7 Å². The number of rotatable bonds is 6. The number of carbonyl (C=O) groups excluding carboxylic acids is 1. The van der Waals surface area contributed by atoms with Crippen molar-refractivity contribution in [3.63, 3.8) is 0 Å². The molecule has 0 unspecified atom stereocenters. The van der Waals surface area contributed by atoms with Gasteiger partial charge < -0.3 is 15.8 Å². The van der Waals surface area contributed by atoms with E-state index < -0.39 is 5.57 Å². The number of benzene rings is 2. The summed E-state index contributed by atoms with van der Waals surface area (Å²) in [5.74, 6) is -0.497. The smallest absolute Gasteiger partial charge is 0.420 e. The monoisotopic (exact) mass is 474 g/mol. The maximum absolute atomic E-state index is 13.0. The lowest BCUT2D eigenvalue weighted by molar-refractivity contribution is -0.0964. The Kier molecular flexibility index (Phi) is 6.30. The summed E-state index contributed by atoms with van der Waals surface area (Å²) in [4.78, 5) is 13.0. The summed E-state index contributed by atoms with van der Waals surface area (Å²) in [6.07, 6.45) is 7.20. The summed E-state index contributed by atoms with van der Waals surface area (Å²) in [6, 6.07) is 10.9. The molecule has 1 amide bonds. The number of amides is 1. The molecule has 1 saturated carbocycles. The van der Waals surface area contributed by atoms with Gasteiger partial charge in [-0.2, -0.15) is 5.10 Å². The maximum Gasteiger partial charge on any atom is 0.487 e. The average molecular weight is 475 g/mol. The zero-order valence-corrected chi connectivity index (χ0v) is 18.9. The number of nitrogens with one attached hydrogen (secondary N) is 2. The number of H-pyrrole nitrogens is 1. The van der Waals surface area contributed by atoms with E-state index >= 15 is 0 Å². The lowest BCUT2D eigenvalue weighted by Gasteiger charge is -2.36. The van der Waals surface area contributed by atoms with Crippen LogP contribution < -0.4 is 15.8 Å². The van der Waals surface area contributed by atoms with Crippen LogP contribution in [0.2, 0.25) is 0 Å². The minimum atomic E-state index is -3.80. The van der Waals surface area contributed by atoms with E-state index in [0.717, 1.165) is 42.5 Å². The van der Waals surface area contributed by atoms with Gasteiger partial charge in [0.15, 0.2) is 0 Å². The molecule has 0 radical (unpaired) electrons. The van der Waals surface area contributed by atoms with Gasteiger partial charge in [0.1, 0.15) is 5.75 Å². The second kappa shape index (κ2) is 9.02. The number of nitrogen functional groups attached to an aromatic ring is 1. The first kappa shape index (κ1) is 23.0. The van der Waals surface area contributed by atoms with Crippen molar-refractivity contribution in [2.75, 3.05) is 11.1 Å². The van der Waals surface area contributed by atoms with Gasteiger partial charge in [0.25, 0.3) is 5.91 Å². The van der Waals surface area contributed by atoms with Gasteiger partial charge in [-0.1, -0.05) is 26.2 Å². The SMILES string of the molecule is CC1(c2c(N)cc(C(=O)Nc3ccc(OC(F)(F)Cl)cc3)cc2-c2ccn[nH]2)CCCCC1. The van der Waals surface area contributed by atoms with Crippen LogP contribution in [0.4, 0.5) is 20.2 Å². The molecule has 0 atom stereocenters. The van der Waals surface area contributed by atoms with Crippen LogP contribution in [-0.2, 0) is 5.41 Å². The molecule has 3 aromatic rings. The number of aromatic nitrogens is 2. The van der Waals surface area contributed by atoms with Crippen molar-refractivity contribution >= 4 is 28.9 Å². The van der Waals surface area contributed by atoms with E-state index in [4.69, 9.17) is 17.3 Å². The Labute approximate surface area is 195 Å². The molecule has 0 saturated heterocycles. The lowest BCUT2D eigenvalue weighted by Crippen LogP contribution is -2.27. The van der Waals surface area contributed by atoms with E-state index in [1.54, 1.807) is 12.3 Å². The molecule has 1 heterocycles. The zero-order valence-electron chi connectivity index (χ0n) is 18.1. The number of carbonyl (C=O) groups is 1. The second-order valence-corrected chi connectivity index (χ2v) is 9.05. The van der Waals surface area contributed by atoms with Gasteiger partial charge in [0, 0.05) is 40.3 Å². The van der Waals surface area contributed by atoms with Crippen LogP contribution in [0.15, 0.2) is 48.7 Å². The molecule has 6 nitrogen and oxygen atoms in total. The minimum Gasteiger partial charge on any atom is -0.420 e. The predicted octanol–water partition coefficient (Wildman–Crippen LogP) is 6.30. The molecule has 9 heteroatoms. The van der Waals surface area contributed by atoms with Crippen LogP contribution in [0.25, 0.3) is 11.3 Å². The Hall–Kier alpha value is -3.13. The van der Waals surface area contributed by atoms with Crippen LogP contribution in [0, 0.1) is 0 Å². The number of alkyl halides is 3. The Morgan fingerprint density at radius 1 is 1.18 bits per heavy atom. The molecule has 4 rings (SSSR count). The van der Waals surface area contributed by atoms with Gasteiger partial charge in [-0.05, 0) is 66.3 Å². The quantitative estimate of drug-likeness (QED) is 0.288. The van der Waals surface area contributed by atoms with Crippen LogP contribution in [0.3, 0.4) is 0 Å². The third-order valence-electron chi connectivity index (χ3n) is 6.13. The van der Waals surface area contributed by atoms with Crippen molar-refractivity contribution in [3.8, 4) is 17.0 Å². The van der Waals surface area contributed by atoms with Crippen LogP contribution in [0.5, 0.6) is 5.75 Å². The number of halogens is 3. The molecule has 1 aromatic heterocycles. The predicted molar refractivity (Wildman–Crippen MR) is 125 cm³/mol. The topological polar surface area (TPSA) is 93.0 Å². The number of nitrogens with two attached hydrogens (primary N) is 1. The third kappa shape index (κ3) is 5.27. The highest BCUT2D eigenvalue weighted by Gasteiger charge is 2.34. The van der Waals surface area contributed by atoms with Crippen LogP contribution in [-0.4, -0.2) is 21.7 Å². The molecular formula is C24H25ClF2N4O2. The molecule has 1 aliphatic rings. The van der Waals surface area contributed by atoms with Crippen molar-refractivity contribution < 1.29 is 18.3 Å². The number of ether oxygens (including phenoxy) is 1. The van der Waals surface area contributed by atoms with Crippen molar-refractivity contribution in [1.82, 2.24) is 10.2 Å². The van der Waals surface area contributed by atoms with E-state index in [-0.39, 0.29) is 17.1 Å². The van der Waals surface area contributed by atoms with Crippen molar-refractivity contribution in [3.05, 3.63) is 59.8 Å². The highest BCUT2D eigenvalue weighted by molar-refractivity contribution is 6.20. The van der Waals surface area contributed by atoms with Crippen LogP contribution >= 0.6 is 11.6 Å². The van der Waals surface area contributed by atoms with Gasteiger partial charge in [0.05, 0.1) is 5.69 Å². The first-order valence-electron chi connectivity index (χ1n) is 10.8. The molecule has 2 aromatic carbocycles. The van der Waals surface area contributed by atoms with Crippen molar-refractivity contribution in [2.45, 2.75) is 50.0 Å². The normalized spacial score (nSPS) is 15.8. The minimum absolute atomic E-state index is 0.0852. The van der Waals surface area contributed by atoms with E-state index in [9.17, 15) is 13.6 Å². The van der Waals surface area contributed by atoms with E-state index in [2.05, 4.69) is 27.2 Å². The fraction of sp³-hybridized carbons (Fsp3) is 0.333. The molecule has 0 bridgehead atoms. The van der Waals surface area contributed by atoms with E-state index in [0.29, 0.717) is 16.9 Å². The fourth-order valence-electron chi connectivity index (χ4n) is 4.61. The fourth-order valence-corrected chi connectivity index (χ4v) is 4.70. The Morgan fingerprint density at radius 2 is 1.88 bits per heavy atom. The third-order valence-corrected chi connectivity index (χ3v) is 6.21. The van der Waals surface area contributed by atoms with Gasteiger partial charge >= 0.3 is 5.57 Å². The number of aromatic amines is 1. The maximum atomic E-state index is 13.0. The summed E-state index contributed by atoms with van der Waals surface area (Å²) >= 11 is 4.78. The standard InChI is InChI=1S/C24H25ClF2N4O2/c1-23(10-3-2-4-11-23)21-18(20-9-12-29-31-20)13-15(14-19(21)28)22(32)30-16-5-7-17(8-6-16)33-24(25,26)27/h5-9,12-14H,2-4,10-11,28H2,1H3,(H,29,31)(H,30,32). The van der Waals surface area contributed by atoms with Gasteiger partial charge in [-0.15, -0.1) is 8.78 Å². The molecule has 1 aliphatic carbocycles. The average Bonchev–Trinajstić information content (AvgIpc) is 3.29. The zero-order chi connectivity index (χ0) is 23.6. The number of anilines is 2. The Morgan fingerprint density at radius 3 is 2.48 bits per heavy atom. The molecular weight excluding hydrogens is 450 g/mol. The molecule has 174 valence electrons. The summed E-state index contributed by atoms with van der Waals surface area (Å²) < 4.78 is 29.9. The van der Waals surface area contributed by atoms with Crippen LogP contribution in [0.1, 0.15) is 54.9 Å². The lowest BCUT2D eigenvalue weighted by atomic mass is 9.68. The van der Waals surface area contributed by atoms with Crippen molar-refractivity contribution in [1.29, 1.82) is 0 Å². The highest BCUT2D eigenvalue weighted by Crippen LogP contribution is 2.46. The Balaban J connectivity index is 1.64. The molecule has 1 fully saturated rings. The first-order valence-corrected chi connectivity index (χ1v) is 11.1. The molecule has 33 heavy (non-hydrogen) atoms. The molecule has 0 spiro atoms.